The van der Waals surface area contributed by atoms with Gasteiger partial charge in [-0.3, -0.25) is 9.69 Å². The number of nitrogens with zero attached hydrogens (tertiary/aromatic N) is 1. The van der Waals surface area contributed by atoms with Crippen LogP contribution >= 0.6 is 0 Å². The van der Waals surface area contributed by atoms with Crippen LogP contribution in [0.15, 0.2) is 24.3 Å². The molecule has 0 saturated carbocycles. The molecule has 1 aliphatic rings. The zero-order valence-electron chi connectivity index (χ0n) is 14.5. The maximum Gasteiger partial charge on any atom is 0.220 e. The van der Waals surface area contributed by atoms with Gasteiger partial charge in [-0.05, 0) is 32.4 Å². The fourth-order valence-corrected chi connectivity index (χ4v) is 2.84. The van der Waals surface area contributed by atoms with Crippen molar-refractivity contribution in [3.05, 3.63) is 30.1 Å². The number of nitrogens with one attached hydrogen (secondary N) is 1. The quantitative estimate of drug-likeness (QED) is 0.739. The third-order valence-corrected chi connectivity index (χ3v) is 4.22. The molecule has 1 heterocycles. The van der Waals surface area contributed by atoms with Gasteiger partial charge in [-0.15, -0.1) is 0 Å². The largest absolute Gasteiger partial charge is 0.491 e. The molecule has 0 bridgehead atoms. The average molecular weight is 338 g/mol. The molecule has 5 nitrogen and oxygen atoms in total. The monoisotopic (exact) mass is 338 g/mol. The number of ether oxygens (including phenoxy) is 2. The summed E-state index contributed by atoms with van der Waals surface area (Å²) < 4.78 is 24.1. The standard InChI is InChI=1S/C18H27FN2O3/c1-14(21-9-11-23-13-15(21)2)12-20-18(22)8-5-10-24-17-7-4-3-6-16(17)19/h3-4,6-7,14-15H,5,8-13H2,1-2H3,(H,20,22)/t14-,15-/m0/s1. The van der Waals surface area contributed by atoms with Gasteiger partial charge < -0.3 is 14.8 Å². The first kappa shape index (κ1) is 18.7. The van der Waals surface area contributed by atoms with Crippen molar-refractivity contribution in [1.82, 2.24) is 10.2 Å². The highest BCUT2D eigenvalue weighted by Crippen LogP contribution is 2.15. The van der Waals surface area contributed by atoms with Crippen molar-refractivity contribution in [3.8, 4) is 5.75 Å². The molecule has 0 aromatic heterocycles. The molecule has 134 valence electrons. The van der Waals surface area contributed by atoms with Crippen LogP contribution in [-0.4, -0.2) is 55.8 Å². The van der Waals surface area contributed by atoms with E-state index < -0.39 is 0 Å². The van der Waals surface area contributed by atoms with E-state index in [1.807, 2.05) is 0 Å². The van der Waals surface area contributed by atoms with E-state index in [-0.39, 0.29) is 23.5 Å². The fourth-order valence-electron chi connectivity index (χ4n) is 2.84. The molecule has 6 heteroatoms. The Hall–Kier alpha value is -1.66. The molecule has 1 aromatic carbocycles. The maximum absolute atomic E-state index is 13.4. The Labute approximate surface area is 143 Å². The summed E-state index contributed by atoms with van der Waals surface area (Å²) in [6, 6.07) is 6.93. The van der Waals surface area contributed by atoms with Gasteiger partial charge in [-0.1, -0.05) is 12.1 Å². The predicted octanol–water partition coefficient (Wildman–Crippen LogP) is 2.21. The van der Waals surface area contributed by atoms with Gasteiger partial charge in [0, 0.05) is 31.6 Å². The highest BCUT2D eigenvalue weighted by Gasteiger charge is 2.23. The molecule has 24 heavy (non-hydrogen) atoms. The molecular formula is C18H27FN2O3. The molecule has 1 saturated heterocycles. The van der Waals surface area contributed by atoms with Gasteiger partial charge in [0.25, 0.3) is 0 Å². The van der Waals surface area contributed by atoms with Crippen LogP contribution in [0.5, 0.6) is 5.75 Å². The van der Waals surface area contributed by atoms with Crippen molar-refractivity contribution < 1.29 is 18.7 Å². The third-order valence-electron chi connectivity index (χ3n) is 4.22. The van der Waals surface area contributed by atoms with Crippen LogP contribution in [0, 0.1) is 5.82 Å². The number of morpholine rings is 1. The van der Waals surface area contributed by atoms with E-state index in [9.17, 15) is 9.18 Å². The second kappa shape index (κ2) is 9.59. The second-order valence-corrected chi connectivity index (χ2v) is 6.20. The highest BCUT2D eigenvalue weighted by molar-refractivity contribution is 5.75. The van der Waals surface area contributed by atoms with E-state index >= 15 is 0 Å². The molecular weight excluding hydrogens is 311 g/mol. The number of amides is 1. The minimum Gasteiger partial charge on any atom is -0.491 e. The van der Waals surface area contributed by atoms with E-state index in [1.165, 1.54) is 6.07 Å². The third kappa shape index (κ3) is 5.76. The maximum atomic E-state index is 13.4. The minimum absolute atomic E-state index is 0.0000962. The number of benzene rings is 1. The lowest BCUT2D eigenvalue weighted by Gasteiger charge is -2.37. The normalized spacial score (nSPS) is 19.7. The summed E-state index contributed by atoms with van der Waals surface area (Å²) >= 11 is 0. The molecule has 1 N–H and O–H groups in total. The van der Waals surface area contributed by atoms with Crippen LogP contribution in [0.25, 0.3) is 0 Å². The lowest BCUT2D eigenvalue weighted by Crippen LogP contribution is -2.51. The molecule has 1 aromatic rings. The van der Waals surface area contributed by atoms with Crippen LogP contribution in [0.4, 0.5) is 4.39 Å². The zero-order valence-corrected chi connectivity index (χ0v) is 14.5. The molecule has 0 aliphatic carbocycles. The van der Waals surface area contributed by atoms with E-state index in [0.717, 1.165) is 19.8 Å². The van der Waals surface area contributed by atoms with E-state index in [1.54, 1.807) is 18.2 Å². The average Bonchev–Trinajstić information content (AvgIpc) is 2.58. The van der Waals surface area contributed by atoms with Crippen molar-refractivity contribution in [1.29, 1.82) is 0 Å². The van der Waals surface area contributed by atoms with Crippen LogP contribution in [0.2, 0.25) is 0 Å². The van der Waals surface area contributed by atoms with Gasteiger partial charge in [0.2, 0.25) is 5.91 Å². The molecule has 1 amide bonds. The number of para-hydroxylation sites is 1. The Kier molecular flexibility index (Phi) is 7.46. The Balaban J connectivity index is 1.60. The van der Waals surface area contributed by atoms with Gasteiger partial charge in [0.05, 0.1) is 19.8 Å². The number of hydrogen-bond donors (Lipinski definition) is 1. The van der Waals surface area contributed by atoms with Gasteiger partial charge in [0.1, 0.15) is 0 Å². The van der Waals surface area contributed by atoms with Crippen molar-refractivity contribution in [2.45, 2.75) is 38.8 Å². The summed E-state index contributed by atoms with van der Waals surface area (Å²) in [4.78, 5) is 14.3. The molecule has 1 aliphatic heterocycles. The number of hydrogen-bond acceptors (Lipinski definition) is 4. The number of halogens is 1. The zero-order chi connectivity index (χ0) is 17.4. The first-order chi connectivity index (χ1) is 11.6. The highest BCUT2D eigenvalue weighted by atomic mass is 19.1. The van der Waals surface area contributed by atoms with Crippen molar-refractivity contribution in [3.63, 3.8) is 0 Å². The molecule has 2 rings (SSSR count). The Bertz CT molecular complexity index is 527. The van der Waals surface area contributed by atoms with Crippen molar-refractivity contribution >= 4 is 5.91 Å². The number of carbonyl (C=O) groups is 1. The first-order valence-corrected chi connectivity index (χ1v) is 8.55. The molecule has 2 atom stereocenters. The van der Waals surface area contributed by atoms with E-state index in [2.05, 4.69) is 24.1 Å². The summed E-state index contributed by atoms with van der Waals surface area (Å²) in [7, 11) is 0. The molecule has 0 spiro atoms. The van der Waals surface area contributed by atoms with E-state index in [0.29, 0.717) is 32.0 Å². The van der Waals surface area contributed by atoms with Gasteiger partial charge in [-0.2, -0.15) is 0 Å². The Morgan fingerprint density at radius 3 is 3.04 bits per heavy atom. The van der Waals surface area contributed by atoms with Crippen LogP contribution < -0.4 is 10.1 Å². The predicted molar refractivity (Wildman–Crippen MR) is 90.6 cm³/mol. The van der Waals surface area contributed by atoms with Crippen molar-refractivity contribution in [2.24, 2.45) is 0 Å². The van der Waals surface area contributed by atoms with Crippen molar-refractivity contribution in [2.75, 3.05) is 32.9 Å². The van der Waals surface area contributed by atoms with Crippen LogP contribution in [0.1, 0.15) is 26.7 Å². The van der Waals surface area contributed by atoms with Gasteiger partial charge in [-0.25, -0.2) is 4.39 Å². The fraction of sp³-hybridized carbons (Fsp3) is 0.611. The summed E-state index contributed by atoms with van der Waals surface area (Å²) in [5, 5.41) is 2.96. The summed E-state index contributed by atoms with van der Waals surface area (Å²) in [5.41, 5.74) is 0. The molecule has 0 unspecified atom stereocenters. The summed E-state index contributed by atoms with van der Waals surface area (Å²) in [6.45, 7) is 7.58. The first-order valence-electron chi connectivity index (χ1n) is 8.55. The minimum atomic E-state index is -0.379. The number of rotatable bonds is 8. The van der Waals surface area contributed by atoms with E-state index in [4.69, 9.17) is 9.47 Å². The summed E-state index contributed by atoms with van der Waals surface area (Å²) in [5.74, 6) is -0.150. The number of carbonyl (C=O) groups excluding carboxylic acids is 1. The molecule has 0 radical (unpaired) electrons. The molecule has 1 fully saturated rings. The topological polar surface area (TPSA) is 50.8 Å². The Morgan fingerprint density at radius 2 is 2.29 bits per heavy atom. The van der Waals surface area contributed by atoms with Crippen LogP contribution in [-0.2, 0) is 9.53 Å². The second-order valence-electron chi connectivity index (χ2n) is 6.20. The van der Waals surface area contributed by atoms with Gasteiger partial charge in [0.15, 0.2) is 11.6 Å². The smallest absolute Gasteiger partial charge is 0.220 e. The SMILES string of the molecule is C[C@@H](CNC(=O)CCCOc1ccccc1F)N1CCOC[C@@H]1C. The van der Waals surface area contributed by atoms with Gasteiger partial charge >= 0.3 is 0 Å². The Morgan fingerprint density at radius 1 is 1.50 bits per heavy atom. The summed E-state index contributed by atoms with van der Waals surface area (Å²) in [6.07, 6.45) is 0.933. The lowest BCUT2D eigenvalue weighted by molar-refractivity contribution is -0.121. The lowest BCUT2D eigenvalue weighted by atomic mass is 10.2. The van der Waals surface area contributed by atoms with Crippen LogP contribution in [0.3, 0.4) is 0 Å².